The largest absolute Gasteiger partial charge is 0.378 e. The van der Waals surface area contributed by atoms with Crippen molar-refractivity contribution in [2.75, 3.05) is 43.7 Å². The fourth-order valence-corrected chi connectivity index (χ4v) is 5.95. The highest BCUT2D eigenvalue weighted by molar-refractivity contribution is 7.90. The summed E-state index contributed by atoms with van der Waals surface area (Å²) in [6.45, 7) is 6.89. The van der Waals surface area contributed by atoms with Crippen LogP contribution in [0.15, 0.2) is 42.6 Å². The molecule has 0 spiro atoms. The molecule has 0 unspecified atom stereocenters. The Bertz CT molecular complexity index is 1090. The summed E-state index contributed by atoms with van der Waals surface area (Å²) in [5.74, 6) is -0.207. The molecule has 2 N–H and O–H groups in total. The molecule has 0 bridgehead atoms. The smallest absolute Gasteiger partial charge is 0.304 e. The molecule has 3 heterocycles. The summed E-state index contributed by atoms with van der Waals surface area (Å²) in [6, 6.07) is 11.2. The van der Waals surface area contributed by atoms with Crippen LogP contribution >= 0.6 is 0 Å². The number of aromatic nitrogens is 1. The van der Waals surface area contributed by atoms with Crippen molar-refractivity contribution in [3.8, 4) is 0 Å². The molecule has 178 valence electrons. The fraction of sp³-hybridized carbons (Fsp3) is 0.478. The molecule has 1 aromatic carbocycles. The second-order valence-electron chi connectivity index (χ2n) is 8.66. The summed E-state index contributed by atoms with van der Waals surface area (Å²) in [4.78, 5) is 18.5. The van der Waals surface area contributed by atoms with Crippen LogP contribution < -0.4 is 10.0 Å². The van der Waals surface area contributed by atoms with Crippen LogP contribution in [0.3, 0.4) is 0 Å². The Labute approximate surface area is 195 Å². The third kappa shape index (κ3) is 5.10. The molecule has 33 heavy (non-hydrogen) atoms. The Kier molecular flexibility index (Phi) is 7.10. The number of piperazine rings is 1. The first kappa shape index (κ1) is 23.8. The number of ketones is 1. The molecule has 2 saturated heterocycles. The molecule has 2 fully saturated rings. The Morgan fingerprint density at radius 1 is 1.24 bits per heavy atom. The number of Topliss-reactive ketones (excluding diaryl/α,β-unsaturated/α-hetero) is 1. The van der Waals surface area contributed by atoms with Gasteiger partial charge in [0.15, 0.2) is 5.78 Å². The third-order valence-corrected chi connectivity index (χ3v) is 8.14. The molecule has 10 heteroatoms. The summed E-state index contributed by atoms with van der Waals surface area (Å²) in [7, 11) is -3.81. The van der Waals surface area contributed by atoms with Gasteiger partial charge in [-0.2, -0.15) is 12.7 Å². The van der Waals surface area contributed by atoms with Crippen molar-refractivity contribution in [2.24, 2.45) is 5.73 Å². The van der Waals surface area contributed by atoms with E-state index in [0.717, 1.165) is 5.56 Å². The Balaban J connectivity index is 1.59. The third-order valence-electron chi connectivity index (χ3n) is 6.26. The predicted molar refractivity (Wildman–Crippen MR) is 126 cm³/mol. The number of benzene rings is 1. The Morgan fingerprint density at radius 2 is 2.03 bits per heavy atom. The molecule has 2 aromatic rings. The van der Waals surface area contributed by atoms with E-state index in [1.807, 2.05) is 25.1 Å². The van der Waals surface area contributed by atoms with Gasteiger partial charge in [-0.1, -0.05) is 12.1 Å². The maximum absolute atomic E-state index is 13.8. The Hall–Kier alpha value is -2.37. The van der Waals surface area contributed by atoms with E-state index in [9.17, 15) is 13.2 Å². The van der Waals surface area contributed by atoms with Gasteiger partial charge in [-0.25, -0.2) is 0 Å². The molecule has 2 aliphatic rings. The van der Waals surface area contributed by atoms with Crippen LogP contribution in [0.2, 0.25) is 0 Å². The van der Waals surface area contributed by atoms with E-state index in [1.54, 1.807) is 22.5 Å². The van der Waals surface area contributed by atoms with Crippen LogP contribution in [-0.4, -0.2) is 79.9 Å². The number of carbonyl (C=O) groups excluding carboxylic acids is 1. The van der Waals surface area contributed by atoms with Crippen molar-refractivity contribution in [2.45, 2.75) is 32.5 Å². The number of aryl methyl sites for hydroxylation is 1. The van der Waals surface area contributed by atoms with Gasteiger partial charge in [-0.15, -0.1) is 0 Å². The maximum atomic E-state index is 13.8. The summed E-state index contributed by atoms with van der Waals surface area (Å²) in [6.07, 6.45) is 1.45. The van der Waals surface area contributed by atoms with Crippen LogP contribution in [0.4, 0.5) is 5.69 Å². The number of ether oxygens (including phenoxy) is 1. The average molecular weight is 474 g/mol. The molecular formula is C23H31N5O4S. The lowest BCUT2D eigenvalue weighted by atomic mass is 10.1. The second-order valence-corrected chi connectivity index (χ2v) is 10.5. The first-order chi connectivity index (χ1) is 15.8. The van der Waals surface area contributed by atoms with Gasteiger partial charge in [0.05, 0.1) is 43.7 Å². The first-order valence-electron chi connectivity index (χ1n) is 11.2. The van der Waals surface area contributed by atoms with Crippen molar-refractivity contribution < 1.29 is 17.9 Å². The lowest BCUT2D eigenvalue weighted by Gasteiger charge is -2.46. The lowest BCUT2D eigenvalue weighted by molar-refractivity contribution is -0.0873. The molecule has 9 nitrogen and oxygen atoms in total. The quantitative estimate of drug-likeness (QED) is 0.574. The van der Waals surface area contributed by atoms with Crippen molar-refractivity contribution >= 4 is 21.7 Å². The Morgan fingerprint density at radius 3 is 2.61 bits per heavy atom. The molecule has 0 amide bonds. The number of hydrogen-bond donors (Lipinski definition) is 1. The van der Waals surface area contributed by atoms with Crippen molar-refractivity contribution in [3.63, 3.8) is 0 Å². The molecule has 0 saturated carbocycles. The van der Waals surface area contributed by atoms with Gasteiger partial charge in [0.1, 0.15) is 0 Å². The zero-order valence-corrected chi connectivity index (χ0v) is 19.9. The summed E-state index contributed by atoms with van der Waals surface area (Å²) >= 11 is 0. The van der Waals surface area contributed by atoms with E-state index in [-0.39, 0.29) is 24.9 Å². The van der Waals surface area contributed by atoms with Crippen LogP contribution in [0.5, 0.6) is 0 Å². The number of hydrogen-bond acceptors (Lipinski definition) is 7. The van der Waals surface area contributed by atoms with Gasteiger partial charge >= 0.3 is 10.2 Å². The van der Waals surface area contributed by atoms with Crippen molar-refractivity contribution in [3.05, 3.63) is 59.4 Å². The lowest BCUT2D eigenvalue weighted by Crippen LogP contribution is -2.62. The van der Waals surface area contributed by atoms with E-state index < -0.39 is 10.2 Å². The number of pyridine rings is 1. The first-order valence-corrected chi connectivity index (χ1v) is 12.6. The van der Waals surface area contributed by atoms with E-state index >= 15 is 0 Å². The van der Waals surface area contributed by atoms with Gasteiger partial charge in [0.25, 0.3) is 0 Å². The van der Waals surface area contributed by atoms with Gasteiger partial charge in [-0.3, -0.25) is 19.0 Å². The van der Waals surface area contributed by atoms with E-state index in [0.29, 0.717) is 55.8 Å². The molecular weight excluding hydrogens is 442 g/mol. The zero-order valence-electron chi connectivity index (χ0n) is 19.1. The molecule has 0 aliphatic carbocycles. The zero-order chi connectivity index (χ0) is 23.6. The SMILES string of the molecule is Cc1cccc(N(Cc2ccc(C(=O)CN)cn2)S(=O)(=O)N2CCN(C3COC3)[C@@H](C)C2)c1. The van der Waals surface area contributed by atoms with Gasteiger partial charge in [0, 0.05) is 37.4 Å². The number of carbonyl (C=O) groups is 1. The number of rotatable bonds is 8. The van der Waals surface area contributed by atoms with Crippen LogP contribution in [0.25, 0.3) is 0 Å². The fourth-order valence-electron chi connectivity index (χ4n) is 4.28. The predicted octanol–water partition coefficient (Wildman–Crippen LogP) is 1.19. The number of nitrogens with two attached hydrogens (primary N) is 1. The summed E-state index contributed by atoms with van der Waals surface area (Å²) < 4.78 is 36.0. The van der Waals surface area contributed by atoms with E-state index in [4.69, 9.17) is 10.5 Å². The molecule has 2 aliphatic heterocycles. The molecule has 4 rings (SSSR count). The highest BCUT2D eigenvalue weighted by Gasteiger charge is 2.39. The van der Waals surface area contributed by atoms with Crippen LogP contribution in [0, 0.1) is 6.92 Å². The average Bonchev–Trinajstić information content (AvgIpc) is 2.77. The van der Waals surface area contributed by atoms with Crippen LogP contribution in [0.1, 0.15) is 28.5 Å². The van der Waals surface area contributed by atoms with Crippen molar-refractivity contribution in [1.29, 1.82) is 0 Å². The topological polar surface area (TPSA) is 109 Å². The van der Waals surface area contributed by atoms with Gasteiger partial charge in [0.2, 0.25) is 0 Å². The summed E-state index contributed by atoms with van der Waals surface area (Å²) in [5, 5.41) is 0. The highest BCUT2D eigenvalue weighted by atomic mass is 32.2. The minimum Gasteiger partial charge on any atom is -0.378 e. The minimum absolute atomic E-state index is 0.0634. The van der Waals surface area contributed by atoms with Crippen LogP contribution in [-0.2, 0) is 21.5 Å². The number of nitrogens with zero attached hydrogens (tertiary/aromatic N) is 4. The normalized spacial score (nSPS) is 20.4. The van der Waals surface area contributed by atoms with E-state index in [2.05, 4.69) is 16.8 Å². The number of anilines is 1. The second kappa shape index (κ2) is 9.86. The molecule has 0 radical (unpaired) electrons. The minimum atomic E-state index is -3.81. The van der Waals surface area contributed by atoms with Gasteiger partial charge in [-0.05, 0) is 43.7 Å². The summed E-state index contributed by atoms with van der Waals surface area (Å²) in [5.41, 5.74) is 7.94. The monoisotopic (exact) mass is 473 g/mol. The molecule has 1 aromatic heterocycles. The standard InChI is InChI=1S/C23H31N5O4S/c1-17-4-3-5-21(10-17)28(14-20-7-6-19(12-25-20)23(29)11-24)33(30,31)26-8-9-27(18(2)13-26)22-15-32-16-22/h3-7,10,12,18,22H,8-9,11,13-16,24H2,1-2H3/t18-/m0/s1. The highest BCUT2D eigenvalue weighted by Crippen LogP contribution is 2.27. The van der Waals surface area contributed by atoms with E-state index in [1.165, 1.54) is 10.5 Å². The maximum Gasteiger partial charge on any atom is 0.304 e. The van der Waals surface area contributed by atoms with Crippen molar-refractivity contribution in [1.82, 2.24) is 14.2 Å². The van der Waals surface area contributed by atoms with Gasteiger partial charge < -0.3 is 10.5 Å². The molecule has 1 atom stereocenters.